The van der Waals surface area contributed by atoms with Crippen LogP contribution in [0, 0.1) is 50.2 Å². The molecule has 4 saturated carbocycles. The smallest absolute Gasteiger partial charge is 0.315 e. The largest absolute Gasteiger partial charge is 0.432 e. The van der Waals surface area contributed by atoms with E-state index in [-0.39, 0.29) is 40.6 Å². The molecule has 0 unspecified atom stereocenters. The standard InChI is InChI=1S/C71H116O35/c1-26-38(76)43(81)48(86)59(95-26)102-54-32(22-73)98-58(51(89)46(54)84)94-25-34-42(80)45(83)50(88)62(100-34)106-65(92)71-18-16-66(3,4)20-29(71)28-10-11-36-68(7)14-13-37(67(5,6)35(68)12-15-70(36,9)69(28,8)17-19-71)101-64-57(40(78)30(75)24-93-64)105-63-53(91)56(39(77)27(2)96-63)104-61-52(90)47(85)55(33(23-74)99-61)103-60-49(87)44(82)41(79)31(21-72)97-60/h10,26-27,29-64,72-91H,11-25H2,1-9H3/t26-,27-,29-,30-,31+,32+,33+,34+,35-,36+,37-,38-,39-,40-,41+,42+,43+,44-,45-,46+,47+,48+,49+,50+,51+,52+,53+,54+,55+,56+,57+,58+,59-,60-,61-,62-,63-,64-,68-,69+,70+,71-/m0/s1. The third-order valence-electron chi connectivity index (χ3n) is 27.3. The number of allylic oxidation sites excluding steroid dienone is 2. The van der Waals surface area contributed by atoms with Gasteiger partial charge in [0.05, 0.1) is 56.8 Å². The van der Waals surface area contributed by atoms with Crippen molar-refractivity contribution in [2.45, 2.75) is 341 Å². The fraction of sp³-hybridized carbons (Fsp3) is 0.958. The Morgan fingerprint density at radius 2 is 0.934 bits per heavy atom. The molecule has 7 heterocycles. The summed E-state index contributed by atoms with van der Waals surface area (Å²) in [6.07, 6.45) is -49.3. The van der Waals surface area contributed by atoms with Crippen molar-refractivity contribution >= 4 is 5.97 Å². The van der Waals surface area contributed by atoms with Gasteiger partial charge in [0.2, 0.25) is 6.29 Å². The van der Waals surface area contributed by atoms with Gasteiger partial charge in [-0.05, 0) is 123 Å². The molecule has 610 valence electrons. The van der Waals surface area contributed by atoms with Gasteiger partial charge in [-0.3, -0.25) is 4.79 Å². The summed E-state index contributed by atoms with van der Waals surface area (Å²) in [4.78, 5) is 15.4. The maximum Gasteiger partial charge on any atom is 0.315 e. The Kier molecular flexibility index (Phi) is 24.8. The zero-order valence-electron chi connectivity index (χ0n) is 61.2. The summed E-state index contributed by atoms with van der Waals surface area (Å²) in [5.74, 6) is -0.769. The zero-order valence-corrected chi connectivity index (χ0v) is 61.2. The van der Waals surface area contributed by atoms with Crippen LogP contribution in [-0.4, -0.2) is 356 Å². The van der Waals surface area contributed by atoms with E-state index >= 15 is 4.79 Å². The second kappa shape index (κ2) is 31.6. The number of aliphatic hydroxyl groups is 20. The van der Waals surface area contributed by atoms with Gasteiger partial charge in [0.25, 0.3) is 0 Å². The van der Waals surface area contributed by atoms with E-state index in [9.17, 15) is 102 Å². The molecule has 106 heavy (non-hydrogen) atoms. The van der Waals surface area contributed by atoms with Crippen LogP contribution < -0.4 is 0 Å². The quantitative estimate of drug-likeness (QED) is 0.0345. The molecule has 35 heteroatoms. The lowest BCUT2D eigenvalue weighted by Gasteiger charge is -2.71. The Labute approximate surface area is 613 Å². The number of fused-ring (bicyclic) bond motifs is 7. The van der Waals surface area contributed by atoms with Gasteiger partial charge in [0, 0.05) is 0 Å². The van der Waals surface area contributed by atoms with Crippen LogP contribution in [0.2, 0.25) is 0 Å². The normalized spacial score (nSPS) is 54.6. The number of carbonyl (C=O) groups is 1. The lowest BCUT2D eigenvalue weighted by atomic mass is 9.33. The van der Waals surface area contributed by atoms with E-state index in [4.69, 9.17) is 66.3 Å². The van der Waals surface area contributed by atoms with E-state index in [1.165, 1.54) is 19.4 Å². The van der Waals surface area contributed by atoms with Crippen molar-refractivity contribution in [1.82, 2.24) is 0 Å². The van der Waals surface area contributed by atoms with Crippen molar-refractivity contribution in [2.75, 3.05) is 33.0 Å². The van der Waals surface area contributed by atoms with Gasteiger partial charge in [0.15, 0.2) is 37.7 Å². The van der Waals surface area contributed by atoms with Gasteiger partial charge in [-0.1, -0.05) is 60.1 Å². The molecule has 0 aromatic rings. The molecule has 0 aromatic heterocycles. The van der Waals surface area contributed by atoms with Crippen LogP contribution in [0.25, 0.3) is 0 Å². The monoisotopic (exact) mass is 1530 g/mol. The highest BCUT2D eigenvalue weighted by Crippen LogP contribution is 2.76. The first-order valence-corrected chi connectivity index (χ1v) is 37.5. The van der Waals surface area contributed by atoms with Crippen molar-refractivity contribution in [3.8, 4) is 0 Å². The van der Waals surface area contributed by atoms with E-state index in [1.807, 2.05) is 0 Å². The number of carbonyl (C=O) groups excluding carboxylic acids is 1. The maximum absolute atomic E-state index is 15.4. The van der Waals surface area contributed by atoms with Crippen LogP contribution in [0.1, 0.15) is 127 Å². The van der Waals surface area contributed by atoms with Crippen LogP contribution in [0.15, 0.2) is 11.6 Å². The molecule has 12 rings (SSSR count). The van der Waals surface area contributed by atoms with E-state index in [1.54, 1.807) is 0 Å². The van der Waals surface area contributed by atoms with E-state index in [0.29, 0.717) is 51.4 Å². The first-order chi connectivity index (χ1) is 49.7. The second-order valence-corrected chi connectivity index (χ2v) is 34.3. The Morgan fingerprint density at radius 1 is 0.443 bits per heavy atom. The summed E-state index contributed by atoms with van der Waals surface area (Å²) in [6.45, 7) is 15.0. The number of hydrogen-bond donors (Lipinski definition) is 20. The molecule has 0 bridgehead atoms. The van der Waals surface area contributed by atoms with Crippen LogP contribution in [0.4, 0.5) is 0 Å². The van der Waals surface area contributed by atoms with Gasteiger partial charge < -0.3 is 168 Å². The molecule has 0 radical (unpaired) electrons. The van der Waals surface area contributed by atoms with Gasteiger partial charge in [-0.15, -0.1) is 0 Å². The Balaban J connectivity index is 0.701. The molecule has 7 saturated heterocycles. The second-order valence-electron chi connectivity index (χ2n) is 34.3. The van der Waals surface area contributed by atoms with Crippen LogP contribution in [-0.2, 0) is 71.1 Å². The molecular weight excluding hydrogens is 1410 g/mol. The molecule has 42 atom stereocenters. The maximum atomic E-state index is 15.4. The van der Waals surface area contributed by atoms with Gasteiger partial charge >= 0.3 is 5.97 Å². The molecule has 0 amide bonds. The number of hydrogen-bond acceptors (Lipinski definition) is 35. The van der Waals surface area contributed by atoms with E-state index in [0.717, 1.165) is 12.8 Å². The first kappa shape index (κ1) is 83.3. The molecule has 0 aromatic carbocycles. The Morgan fingerprint density at radius 3 is 1.55 bits per heavy atom. The third-order valence-corrected chi connectivity index (χ3v) is 27.3. The predicted molar refractivity (Wildman–Crippen MR) is 352 cm³/mol. The fourth-order valence-corrected chi connectivity index (χ4v) is 20.5. The molecular formula is C71H116O35. The molecule has 7 aliphatic heterocycles. The van der Waals surface area contributed by atoms with Crippen LogP contribution in [0.3, 0.4) is 0 Å². The third kappa shape index (κ3) is 14.6. The lowest BCUT2D eigenvalue weighted by Crippen LogP contribution is -2.67. The average molecular weight is 1530 g/mol. The predicted octanol–water partition coefficient (Wildman–Crippen LogP) is -5.87. The molecule has 5 aliphatic carbocycles. The van der Waals surface area contributed by atoms with Crippen molar-refractivity contribution < 1.29 is 173 Å². The lowest BCUT2D eigenvalue weighted by molar-refractivity contribution is -0.390. The van der Waals surface area contributed by atoms with Gasteiger partial charge in [-0.25, -0.2) is 0 Å². The Hall–Kier alpha value is -2.11. The van der Waals surface area contributed by atoms with Crippen molar-refractivity contribution in [1.29, 1.82) is 0 Å². The highest BCUT2D eigenvalue weighted by atomic mass is 16.8. The fourth-order valence-electron chi connectivity index (χ4n) is 20.5. The number of ether oxygens (including phenoxy) is 14. The summed E-state index contributed by atoms with van der Waals surface area (Å²) in [5, 5.41) is 218. The average Bonchev–Trinajstić information content (AvgIpc) is 0.674. The summed E-state index contributed by atoms with van der Waals surface area (Å²) >= 11 is 0. The summed E-state index contributed by atoms with van der Waals surface area (Å²) < 4.78 is 83.3. The van der Waals surface area contributed by atoms with Crippen LogP contribution in [0.5, 0.6) is 0 Å². The van der Waals surface area contributed by atoms with Gasteiger partial charge in [0.1, 0.15) is 153 Å². The SMILES string of the molecule is C[C@@H]1O[C@@H](O[C@H]2[C@H](O)[C@@H](O)[C@H](OC[C@H]3O[C@@H](OC(=O)[C@]45CCC(C)(C)C[C@H]4C4=CC[C@@H]6[C@@]7(C)CC[C@H](O[C@@H]8OC[C@H](O)[C@H](O)[C@H]8O[C@@H]8O[C@@H](C)[C@H](O)[C@@H](O[C@@H]9O[C@H](CO)[C@@H](O[C@@H]%10O[C@H](CO)[C@@H](O)[C@H](O)[C@H]%10O)[C@H](O)[C@H]9O)[C@H]8O)C(C)(C)[C@@H]7CC[C@@]6(C)[C@]4(C)CC5)[C@H](O)[C@@H](O)[C@@H]3O)O[C@@H]2CO)[C@H](O)[C@H](O)[C@H]1O. The first-order valence-electron chi connectivity index (χ1n) is 37.5. The highest BCUT2D eigenvalue weighted by molar-refractivity contribution is 5.79. The number of rotatable bonds is 18. The molecule has 11 fully saturated rings. The summed E-state index contributed by atoms with van der Waals surface area (Å²) in [7, 11) is 0. The Bertz CT molecular complexity index is 3000. The minimum Gasteiger partial charge on any atom is -0.432 e. The number of aliphatic hydroxyl groups excluding tert-OH is 20. The molecule has 20 N–H and O–H groups in total. The van der Waals surface area contributed by atoms with Crippen molar-refractivity contribution in [3.63, 3.8) is 0 Å². The topological polar surface area (TPSA) is 551 Å². The minimum atomic E-state index is -2.05. The van der Waals surface area contributed by atoms with Crippen molar-refractivity contribution in [3.05, 3.63) is 11.6 Å². The molecule has 0 spiro atoms. The van der Waals surface area contributed by atoms with Gasteiger partial charge in [-0.2, -0.15) is 0 Å². The highest BCUT2D eigenvalue weighted by Gasteiger charge is 2.71. The van der Waals surface area contributed by atoms with E-state index in [2.05, 4.69) is 54.5 Å². The summed E-state index contributed by atoms with van der Waals surface area (Å²) in [5.41, 5.74) is -1.72. The van der Waals surface area contributed by atoms with E-state index < -0.39 is 264 Å². The van der Waals surface area contributed by atoms with Crippen LogP contribution >= 0.6 is 0 Å². The zero-order chi connectivity index (χ0) is 77.3. The number of esters is 1. The molecule has 12 aliphatic rings. The minimum absolute atomic E-state index is 0.0521. The van der Waals surface area contributed by atoms with Crippen molar-refractivity contribution in [2.24, 2.45) is 50.2 Å². The summed E-state index contributed by atoms with van der Waals surface area (Å²) in [6, 6.07) is 0. The molecule has 35 nitrogen and oxygen atoms in total.